The molecular formula is C8H7N3O. The van der Waals surface area contributed by atoms with Crippen LogP contribution in [-0.2, 0) is 7.05 Å². The predicted octanol–water partition coefficient (Wildman–Crippen LogP) is 0.454. The molecule has 0 fully saturated rings. The van der Waals surface area contributed by atoms with Gasteiger partial charge in [0.2, 0.25) is 0 Å². The first-order valence-electron chi connectivity index (χ1n) is 3.33. The molecule has 1 heterocycles. The van der Waals surface area contributed by atoms with Crippen LogP contribution in [0, 0.1) is 22.7 Å². The first kappa shape index (κ1) is 8.32. The third-order valence-electron chi connectivity index (χ3n) is 1.58. The lowest BCUT2D eigenvalue weighted by molar-refractivity contribution is 0.236. The van der Waals surface area contributed by atoms with Crippen molar-refractivity contribution in [3.05, 3.63) is 23.5 Å². The monoisotopic (exact) mass is 161 g/mol. The second-order valence-corrected chi connectivity index (χ2v) is 2.41. The van der Waals surface area contributed by atoms with E-state index in [0.29, 0.717) is 11.3 Å². The normalized spacial score (nSPS) is 11.7. The van der Waals surface area contributed by atoms with Crippen molar-refractivity contribution in [2.45, 2.75) is 6.10 Å². The summed E-state index contributed by atoms with van der Waals surface area (Å²) in [5.74, 6) is 0. The van der Waals surface area contributed by atoms with Crippen LogP contribution in [-0.4, -0.2) is 9.67 Å². The average molecular weight is 161 g/mol. The SMILES string of the molecule is Cn1cc([C@@H](O)C#N)cc1C#N. The molecule has 0 spiro atoms. The largest absolute Gasteiger partial charge is 0.374 e. The molecule has 0 saturated heterocycles. The zero-order chi connectivity index (χ0) is 9.14. The van der Waals surface area contributed by atoms with E-state index in [0.717, 1.165) is 0 Å². The van der Waals surface area contributed by atoms with Crippen molar-refractivity contribution in [1.29, 1.82) is 10.5 Å². The zero-order valence-corrected chi connectivity index (χ0v) is 6.52. The van der Waals surface area contributed by atoms with Gasteiger partial charge in [-0.25, -0.2) is 0 Å². The molecule has 0 aromatic carbocycles. The van der Waals surface area contributed by atoms with Crippen LogP contribution in [0.3, 0.4) is 0 Å². The Morgan fingerprint density at radius 2 is 2.25 bits per heavy atom. The number of aromatic nitrogens is 1. The number of rotatable bonds is 1. The lowest BCUT2D eigenvalue weighted by atomic mass is 10.2. The van der Waals surface area contributed by atoms with E-state index in [2.05, 4.69) is 0 Å². The first-order valence-corrected chi connectivity index (χ1v) is 3.33. The van der Waals surface area contributed by atoms with E-state index in [4.69, 9.17) is 15.6 Å². The molecule has 1 atom stereocenters. The molecule has 1 N–H and O–H groups in total. The molecular weight excluding hydrogens is 154 g/mol. The van der Waals surface area contributed by atoms with Crippen LogP contribution in [0.1, 0.15) is 17.4 Å². The molecule has 12 heavy (non-hydrogen) atoms. The maximum Gasteiger partial charge on any atom is 0.167 e. The van der Waals surface area contributed by atoms with E-state index < -0.39 is 6.10 Å². The standard InChI is InChI=1S/C8H7N3O/c1-11-5-6(8(12)4-10)2-7(11)3-9/h2,5,8,12H,1H3/t8-/m0/s1. The molecule has 0 aliphatic carbocycles. The number of nitrogens with zero attached hydrogens (tertiary/aromatic N) is 3. The highest BCUT2D eigenvalue weighted by Crippen LogP contribution is 2.14. The topological polar surface area (TPSA) is 72.7 Å². The molecule has 0 unspecified atom stereocenters. The van der Waals surface area contributed by atoms with Crippen molar-refractivity contribution in [3.8, 4) is 12.1 Å². The van der Waals surface area contributed by atoms with E-state index in [1.165, 1.54) is 6.07 Å². The van der Waals surface area contributed by atoms with Crippen LogP contribution in [0.25, 0.3) is 0 Å². The number of aryl methyl sites for hydroxylation is 1. The van der Waals surface area contributed by atoms with Crippen molar-refractivity contribution in [3.63, 3.8) is 0 Å². The molecule has 0 aliphatic heterocycles. The van der Waals surface area contributed by atoms with Gasteiger partial charge in [0.05, 0.1) is 6.07 Å². The summed E-state index contributed by atoms with van der Waals surface area (Å²) in [4.78, 5) is 0. The fraction of sp³-hybridized carbons (Fsp3) is 0.250. The molecule has 0 saturated carbocycles. The third kappa shape index (κ3) is 1.29. The second-order valence-electron chi connectivity index (χ2n) is 2.41. The highest BCUT2D eigenvalue weighted by molar-refractivity contribution is 5.31. The maximum absolute atomic E-state index is 9.08. The highest BCUT2D eigenvalue weighted by Gasteiger charge is 2.09. The molecule has 4 nitrogen and oxygen atoms in total. The maximum atomic E-state index is 9.08. The van der Waals surface area contributed by atoms with Gasteiger partial charge in [0.15, 0.2) is 6.10 Å². The van der Waals surface area contributed by atoms with Gasteiger partial charge in [-0.2, -0.15) is 10.5 Å². The molecule has 1 aromatic heterocycles. The van der Waals surface area contributed by atoms with E-state index in [1.807, 2.05) is 6.07 Å². The zero-order valence-electron chi connectivity index (χ0n) is 6.52. The quantitative estimate of drug-likeness (QED) is 0.608. The van der Waals surface area contributed by atoms with Crippen LogP contribution in [0.2, 0.25) is 0 Å². The van der Waals surface area contributed by atoms with E-state index in [-0.39, 0.29) is 0 Å². The predicted molar refractivity (Wildman–Crippen MR) is 40.7 cm³/mol. The minimum Gasteiger partial charge on any atom is -0.374 e. The van der Waals surface area contributed by atoms with Gasteiger partial charge in [-0.3, -0.25) is 0 Å². The van der Waals surface area contributed by atoms with Gasteiger partial charge in [-0.05, 0) is 6.07 Å². The Bertz CT molecular complexity index is 367. The van der Waals surface area contributed by atoms with Crippen LogP contribution >= 0.6 is 0 Å². The molecule has 0 amide bonds. The Hall–Kier alpha value is -1.78. The Labute approximate surface area is 69.9 Å². The lowest BCUT2D eigenvalue weighted by Gasteiger charge is -1.93. The van der Waals surface area contributed by atoms with Crippen LogP contribution < -0.4 is 0 Å². The van der Waals surface area contributed by atoms with Crippen LogP contribution in [0.15, 0.2) is 12.3 Å². The summed E-state index contributed by atoms with van der Waals surface area (Å²) in [6.45, 7) is 0. The first-order chi connectivity index (χ1) is 5.69. The van der Waals surface area contributed by atoms with Gasteiger partial charge < -0.3 is 9.67 Å². The van der Waals surface area contributed by atoms with Gasteiger partial charge in [0.25, 0.3) is 0 Å². The summed E-state index contributed by atoms with van der Waals surface area (Å²) in [5.41, 5.74) is 0.885. The van der Waals surface area contributed by atoms with E-state index in [9.17, 15) is 0 Å². The molecule has 0 radical (unpaired) electrons. The average Bonchev–Trinajstić information content (AvgIpc) is 2.45. The second kappa shape index (κ2) is 3.08. The summed E-state index contributed by atoms with van der Waals surface area (Å²) in [7, 11) is 1.69. The van der Waals surface area contributed by atoms with Crippen LogP contribution in [0.5, 0.6) is 0 Å². The molecule has 1 aromatic rings. The van der Waals surface area contributed by atoms with Gasteiger partial charge in [0, 0.05) is 18.8 Å². The fourth-order valence-corrected chi connectivity index (χ4v) is 0.925. The summed E-state index contributed by atoms with van der Waals surface area (Å²) in [6.07, 6.45) is 0.421. The minimum absolute atomic E-state index is 0.430. The van der Waals surface area contributed by atoms with Crippen molar-refractivity contribution in [1.82, 2.24) is 4.57 Å². The van der Waals surface area contributed by atoms with Crippen LogP contribution in [0.4, 0.5) is 0 Å². The van der Waals surface area contributed by atoms with Gasteiger partial charge in [0.1, 0.15) is 11.8 Å². The minimum atomic E-state index is -1.14. The van der Waals surface area contributed by atoms with Gasteiger partial charge in [-0.1, -0.05) is 0 Å². The summed E-state index contributed by atoms with van der Waals surface area (Å²) in [5, 5.41) is 26.0. The van der Waals surface area contributed by atoms with Crippen molar-refractivity contribution in [2.75, 3.05) is 0 Å². The third-order valence-corrected chi connectivity index (χ3v) is 1.58. The number of hydrogen-bond donors (Lipinski definition) is 1. The smallest absolute Gasteiger partial charge is 0.167 e. The van der Waals surface area contributed by atoms with Crippen molar-refractivity contribution < 1.29 is 5.11 Å². The lowest BCUT2D eigenvalue weighted by Crippen LogP contribution is -1.90. The number of aliphatic hydroxyl groups is 1. The highest BCUT2D eigenvalue weighted by atomic mass is 16.3. The van der Waals surface area contributed by atoms with Gasteiger partial charge in [-0.15, -0.1) is 0 Å². The Balaban J connectivity index is 3.08. The number of hydrogen-bond acceptors (Lipinski definition) is 3. The number of nitriles is 2. The van der Waals surface area contributed by atoms with E-state index >= 15 is 0 Å². The Morgan fingerprint density at radius 3 is 2.67 bits per heavy atom. The summed E-state index contributed by atoms with van der Waals surface area (Å²) >= 11 is 0. The van der Waals surface area contributed by atoms with Gasteiger partial charge >= 0.3 is 0 Å². The summed E-state index contributed by atoms with van der Waals surface area (Å²) < 4.78 is 1.57. The fourth-order valence-electron chi connectivity index (χ4n) is 0.925. The Morgan fingerprint density at radius 1 is 1.58 bits per heavy atom. The van der Waals surface area contributed by atoms with E-state index in [1.54, 1.807) is 23.9 Å². The Kier molecular flexibility index (Phi) is 2.14. The molecule has 1 rings (SSSR count). The summed E-state index contributed by atoms with van der Waals surface area (Å²) in [6, 6.07) is 5.11. The molecule has 0 bridgehead atoms. The molecule has 60 valence electrons. The molecule has 0 aliphatic rings. The van der Waals surface area contributed by atoms with Crippen molar-refractivity contribution >= 4 is 0 Å². The van der Waals surface area contributed by atoms with Crippen molar-refractivity contribution in [2.24, 2.45) is 7.05 Å². The molecule has 4 heteroatoms. The number of aliphatic hydroxyl groups excluding tert-OH is 1.